The summed E-state index contributed by atoms with van der Waals surface area (Å²) in [6, 6.07) is 44.1. The van der Waals surface area contributed by atoms with Crippen LogP contribution in [0.4, 0.5) is 0 Å². The van der Waals surface area contributed by atoms with Gasteiger partial charge in [0.05, 0.1) is 80.4 Å². The molecule has 4 atom stereocenters. The summed E-state index contributed by atoms with van der Waals surface area (Å²) >= 11 is 0. The SMILES string of the molecule is CCCCCCCCCCCCCCCCC(C(=O)OC)c1ccccc1C1=Cc2cc3ccc(cc4nc(cc5[nH]c(c(-c6ccccc6C(CCCCCCCCCCCCCCCC)C(=O)OC)c1n2)c(-c1ccccc1C(CCCCCCCCCCCCCCCC)C(=O)OC)c5-c1ccccc1C(CCCCCCCCCCCCCCCC)C(=O)OC)C=C4)[nH]3. The predicted octanol–water partition coefficient (Wildman–Crippen LogP) is 35.6. The Hall–Kier alpha value is -8.64. The first-order valence-electron chi connectivity index (χ1n) is 53.9. The highest BCUT2D eigenvalue weighted by atomic mass is 16.5. The molecule has 8 bridgehead atoms. The minimum atomic E-state index is -0.705. The molecule has 3 aromatic heterocycles. The fraction of sp³-hybridized carbons (Fsp3) is 0.600. The smallest absolute Gasteiger partial charge is 0.313 e. The van der Waals surface area contributed by atoms with Crippen molar-refractivity contribution in [1.29, 1.82) is 0 Å². The summed E-state index contributed by atoms with van der Waals surface area (Å²) in [5.74, 6) is -3.88. The molecule has 5 heterocycles. The standard InChI is InChI=1S/C120H174N4O8/c1-9-13-17-21-25-29-33-37-41-45-49-53-57-61-81-106(117(125)129-5)98-73-65-66-74-99(98)110-91-97-90-95-86-85-93(121-95)89-94-87-88-96(122-94)92-111-112(103-78-70-67-75-100(103)107(118(126)130-6)82-62-58-54-50-46-42-38-34-30-26-22-18-14-10-2)113(104-79-71-68-76-101(104)108(119(127)131-7)83-63-59-55-51-47-43-39-35-31-27-23-19-15-11-3)116(124-111)114(115(110)123-97)105-80-72-69-77-102(105)109(120(128)132-8)84-64-60-56-52-48-44-40-36-32-28-24-20-16-12-4/h65-80,85-92,106-109,121,124H,9-64,81-84H2,1-8H3. The monoisotopic (exact) mass is 1800 g/mol. The van der Waals surface area contributed by atoms with Crippen molar-refractivity contribution in [3.63, 3.8) is 0 Å². The highest BCUT2D eigenvalue weighted by Gasteiger charge is 2.36. The number of aromatic amines is 2. The number of carbonyl (C=O) groups is 4. The molecule has 2 aliphatic heterocycles. The number of carbonyl (C=O) groups excluding carboxylic acids is 4. The van der Waals surface area contributed by atoms with E-state index in [9.17, 15) is 0 Å². The van der Waals surface area contributed by atoms with Crippen molar-refractivity contribution in [3.8, 4) is 33.4 Å². The van der Waals surface area contributed by atoms with Gasteiger partial charge < -0.3 is 28.9 Å². The Balaban J connectivity index is 1.26. The Morgan fingerprint density at radius 3 is 0.818 bits per heavy atom. The third-order valence-electron chi connectivity index (χ3n) is 28.4. The highest BCUT2D eigenvalue weighted by Crippen LogP contribution is 2.52. The maximum Gasteiger partial charge on any atom is 0.313 e. The maximum absolute atomic E-state index is 15.4. The highest BCUT2D eigenvalue weighted by molar-refractivity contribution is 6.13. The maximum atomic E-state index is 15.4. The minimum Gasteiger partial charge on any atom is -0.469 e. The van der Waals surface area contributed by atoms with Crippen molar-refractivity contribution >= 4 is 69.7 Å². The minimum absolute atomic E-state index is 0.288. The number of methoxy groups -OCH3 is 4. The lowest BCUT2D eigenvalue weighted by molar-refractivity contribution is -0.143. The van der Waals surface area contributed by atoms with Gasteiger partial charge in [0.15, 0.2) is 0 Å². The van der Waals surface area contributed by atoms with Crippen LogP contribution in [0, 0.1) is 0 Å². The zero-order valence-corrected chi connectivity index (χ0v) is 83.8. The topological polar surface area (TPSA) is 163 Å². The number of ether oxygens (including phenoxy) is 4. The summed E-state index contributed by atoms with van der Waals surface area (Å²) in [4.78, 5) is 80.6. The molecule has 0 amide bonds. The summed E-state index contributed by atoms with van der Waals surface area (Å²) in [5, 5.41) is 0. The van der Waals surface area contributed by atoms with Crippen molar-refractivity contribution in [2.24, 2.45) is 0 Å². The predicted molar refractivity (Wildman–Crippen MR) is 558 cm³/mol. The van der Waals surface area contributed by atoms with Gasteiger partial charge in [0.2, 0.25) is 0 Å². The number of esters is 4. The average molecular weight is 1800 g/mol. The van der Waals surface area contributed by atoms with E-state index in [4.69, 9.17) is 28.9 Å². The van der Waals surface area contributed by atoms with Gasteiger partial charge in [-0.1, -0.05) is 484 Å². The number of nitrogens with one attached hydrogen (secondary N) is 2. The van der Waals surface area contributed by atoms with Gasteiger partial charge in [0, 0.05) is 38.8 Å². The van der Waals surface area contributed by atoms with Crippen LogP contribution in [-0.4, -0.2) is 72.3 Å². The van der Waals surface area contributed by atoms with E-state index >= 15 is 19.2 Å². The van der Waals surface area contributed by atoms with Gasteiger partial charge in [-0.3, -0.25) is 19.2 Å². The largest absolute Gasteiger partial charge is 0.469 e. The van der Waals surface area contributed by atoms with Gasteiger partial charge in [-0.25, -0.2) is 9.97 Å². The molecule has 0 saturated heterocycles. The first-order chi connectivity index (χ1) is 65.0. The Morgan fingerprint density at radius 2 is 0.515 bits per heavy atom. The Bertz CT molecular complexity index is 4690. The van der Waals surface area contributed by atoms with Crippen molar-refractivity contribution in [3.05, 3.63) is 178 Å². The molecule has 2 N–H and O–H groups in total. The van der Waals surface area contributed by atoms with Gasteiger partial charge >= 0.3 is 23.9 Å². The molecule has 722 valence electrons. The molecule has 0 spiro atoms. The molecule has 132 heavy (non-hydrogen) atoms. The summed E-state index contributed by atoms with van der Waals surface area (Å²) in [6.07, 6.45) is 77.0. The van der Waals surface area contributed by atoms with Crippen LogP contribution in [0.25, 0.3) is 79.2 Å². The molecule has 7 aromatic rings. The molecular formula is C120H174N4O8. The van der Waals surface area contributed by atoms with Crippen molar-refractivity contribution in [1.82, 2.24) is 19.9 Å². The van der Waals surface area contributed by atoms with E-state index in [1.807, 2.05) is 6.07 Å². The summed E-state index contributed by atoms with van der Waals surface area (Å²) in [7, 11) is 6.08. The summed E-state index contributed by atoms with van der Waals surface area (Å²) < 4.78 is 24.0. The van der Waals surface area contributed by atoms with Crippen LogP contribution in [-0.2, 0) is 38.1 Å². The Labute approximate surface area is 799 Å². The lowest BCUT2D eigenvalue weighted by Crippen LogP contribution is -2.17. The molecule has 9 rings (SSSR count). The van der Waals surface area contributed by atoms with Gasteiger partial charge in [-0.15, -0.1) is 0 Å². The molecule has 12 heteroatoms. The van der Waals surface area contributed by atoms with E-state index in [1.165, 1.54) is 292 Å². The van der Waals surface area contributed by atoms with Crippen LogP contribution in [0.5, 0.6) is 0 Å². The third kappa shape index (κ3) is 35.9. The molecule has 4 aromatic carbocycles. The number of unbranched alkanes of at least 4 members (excludes halogenated alkanes) is 52. The van der Waals surface area contributed by atoms with Gasteiger partial charge in [-0.05, 0) is 119 Å². The number of hydrogen-bond donors (Lipinski definition) is 2. The molecule has 0 saturated carbocycles. The quantitative estimate of drug-likeness (QED) is 0.0213. The van der Waals surface area contributed by atoms with Gasteiger partial charge in [-0.2, -0.15) is 0 Å². The number of hydrogen-bond acceptors (Lipinski definition) is 10. The van der Waals surface area contributed by atoms with Crippen molar-refractivity contribution in [2.45, 2.75) is 437 Å². The summed E-state index contributed by atoms with van der Waals surface area (Å²) in [6.45, 7) is 9.14. The average Bonchev–Trinajstić information content (AvgIpc) is 1.57. The molecule has 2 aliphatic rings. The lowest BCUT2D eigenvalue weighted by Gasteiger charge is -2.23. The number of rotatable bonds is 72. The van der Waals surface area contributed by atoms with Crippen molar-refractivity contribution < 1.29 is 38.1 Å². The van der Waals surface area contributed by atoms with Crippen LogP contribution in [0.1, 0.15) is 487 Å². The Kier molecular flexibility index (Phi) is 52.2. The molecule has 0 aliphatic carbocycles. The lowest BCUT2D eigenvalue weighted by atomic mass is 9.80. The molecular weight excluding hydrogens is 1630 g/mol. The van der Waals surface area contributed by atoms with E-state index < -0.39 is 23.7 Å². The van der Waals surface area contributed by atoms with Crippen LogP contribution in [0.15, 0.2) is 127 Å². The van der Waals surface area contributed by atoms with E-state index in [2.05, 4.69) is 177 Å². The Morgan fingerprint density at radius 1 is 0.265 bits per heavy atom. The second kappa shape index (κ2) is 64.3. The fourth-order valence-corrected chi connectivity index (χ4v) is 20.7. The van der Waals surface area contributed by atoms with E-state index in [-0.39, 0.29) is 23.9 Å². The number of H-pyrrole nitrogens is 2. The third-order valence-corrected chi connectivity index (χ3v) is 28.4. The molecule has 4 unspecified atom stereocenters. The molecule has 0 fully saturated rings. The second-order valence-electron chi connectivity index (χ2n) is 38.8. The molecule has 12 nitrogen and oxygen atoms in total. The van der Waals surface area contributed by atoms with Crippen LogP contribution >= 0.6 is 0 Å². The van der Waals surface area contributed by atoms with E-state index in [0.717, 1.165) is 174 Å². The van der Waals surface area contributed by atoms with Crippen LogP contribution in [0.3, 0.4) is 0 Å². The molecule has 0 radical (unpaired) electrons. The van der Waals surface area contributed by atoms with Gasteiger partial charge in [0.25, 0.3) is 0 Å². The van der Waals surface area contributed by atoms with Gasteiger partial charge in [0.1, 0.15) is 0 Å². The first-order valence-corrected chi connectivity index (χ1v) is 53.9. The normalized spacial score (nSPS) is 12.9. The van der Waals surface area contributed by atoms with Crippen molar-refractivity contribution in [2.75, 3.05) is 28.4 Å². The zero-order valence-electron chi connectivity index (χ0n) is 83.8. The fourth-order valence-electron chi connectivity index (χ4n) is 20.7. The second-order valence-corrected chi connectivity index (χ2v) is 38.8. The van der Waals surface area contributed by atoms with Crippen LogP contribution in [0.2, 0.25) is 0 Å². The van der Waals surface area contributed by atoms with E-state index in [0.29, 0.717) is 59.4 Å². The summed E-state index contributed by atoms with van der Waals surface area (Å²) in [5.41, 5.74) is 15.4. The first kappa shape index (κ1) is 107. The number of benzene rings is 4. The number of nitrogens with zero attached hydrogens (tertiary/aromatic N) is 2. The van der Waals surface area contributed by atoms with E-state index in [1.54, 1.807) is 0 Å². The number of fused-ring (bicyclic) bond motifs is 8. The van der Waals surface area contributed by atoms with Crippen LogP contribution < -0.4 is 0 Å². The zero-order chi connectivity index (χ0) is 93.2. The number of aromatic nitrogens is 4.